The highest BCUT2D eigenvalue weighted by Gasteiger charge is 2.16. The van der Waals surface area contributed by atoms with E-state index in [1.54, 1.807) is 6.08 Å². The Morgan fingerprint density at radius 1 is 1.09 bits per heavy atom. The van der Waals surface area contributed by atoms with Gasteiger partial charge in [0.15, 0.2) is 0 Å². The lowest BCUT2D eigenvalue weighted by atomic mass is 10.1. The van der Waals surface area contributed by atoms with Gasteiger partial charge in [0.25, 0.3) is 0 Å². The van der Waals surface area contributed by atoms with Crippen LogP contribution in [0, 0.1) is 6.92 Å². The van der Waals surface area contributed by atoms with Gasteiger partial charge in [0, 0.05) is 29.1 Å². The molecule has 0 aliphatic heterocycles. The van der Waals surface area contributed by atoms with Gasteiger partial charge in [-0.25, -0.2) is 0 Å². The molecule has 2 aromatic carbocycles. The van der Waals surface area contributed by atoms with E-state index >= 15 is 0 Å². The second-order valence-corrected chi connectivity index (χ2v) is 5.59. The maximum atomic E-state index is 6.18. The molecule has 108 valence electrons. The van der Waals surface area contributed by atoms with Crippen LogP contribution >= 0.6 is 0 Å². The summed E-state index contributed by atoms with van der Waals surface area (Å²) in [5, 5.41) is 3.51. The van der Waals surface area contributed by atoms with Gasteiger partial charge in [-0.05, 0) is 25.1 Å². The first-order valence-electron chi connectivity index (χ1n) is 7.40. The molecule has 0 aliphatic carbocycles. The minimum absolute atomic E-state index is 0.935. The number of benzene rings is 2. The molecule has 2 heterocycles. The van der Waals surface area contributed by atoms with Crippen LogP contribution in [0.3, 0.4) is 0 Å². The van der Waals surface area contributed by atoms with Crippen molar-refractivity contribution in [1.82, 2.24) is 4.57 Å². The Balaban J connectivity index is 2.25. The van der Waals surface area contributed by atoms with Crippen LogP contribution < -0.4 is 0 Å². The molecular formula is C20H17NO. The normalized spacial score (nSPS) is 12.1. The third-order valence-electron chi connectivity index (χ3n) is 4.45. The number of furan rings is 1. The van der Waals surface area contributed by atoms with Crippen molar-refractivity contribution in [3.63, 3.8) is 0 Å². The number of aryl methyl sites for hydroxylation is 1. The first-order chi connectivity index (χ1) is 10.7. The molecule has 4 rings (SSSR count). The molecule has 2 nitrogen and oxygen atoms in total. The Hall–Kier alpha value is -2.74. The Morgan fingerprint density at radius 2 is 1.91 bits per heavy atom. The van der Waals surface area contributed by atoms with Crippen LogP contribution in [-0.2, 0) is 7.05 Å². The summed E-state index contributed by atoms with van der Waals surface area (Å²) in [6.45, 7) is 5.91. The molecule has 0 bridgehead atoms. The summed E-state index contributed by atoms with van der Waals surface area (Å²) in [5.74, 6) is 0. The van der Waals surface area contributed by atoms with Crippen LogP contribution in [0.1, 0.15) is 11.3 Å². The Kier molecular flexibility index (Phi) is 2.73. The van der Waals surface area contributed by atoms with E-state index in [1.807, 2.05) is 18.2 Å². The quantitative estimate of drug-likeness (QED) is 0.440. The van der Waals surface area contributed by atoms with Crippen LogP contribution in [0.25, 0.3) is 38.9 Å². The molecule has 22 heavy (non-hydrogen) atoms. The van der Waals surface area contributed by atoms with Crippen molar-refractivity contribution in [2.45, 2.75) is 6.92 Å². The predicted octanol–water partition coefficient (Wildman–Crippen LogP) is 5.59. The largest absolute Gasteiger partial charge is 0.455 e. The minimum atomic E-state index is 0.935. The Labute approximate surface area is 129 Å². The van der Waals surface area contributed by atoms with E-state index in [-0.39, 0.29) is 0 Å². The topological polar surface area (TPSA) is 18.1 Å². The number of hydrogen-bond donors (Lipinski definition) is 0. The fourth-order valence-electron chi connectivity index (χ4n) is 3.23. The molecule has 4 aromatic rings. The van der Waals surface area contributed by atoms with E-state index in [0.717, 1.165) is 11.2 Å². The molecule has 0 saturated carbocycles. The molecule has 0 aliphatic rings. The lowest BCUT2D eigenvalue weighted by Crippen LogP contribution is -1.89. The van der Waals surface area contributed by atoms with Gasteiger partial charge in [-0.2, -0.15) is 0 Å². The average molecular weight is 287 g/mol. The first-order valence-corrected chi connectivity index (χ1v) is 7.40. The highest BCUT2D eigenvalue weighted by molar-refractivity contribution is 6.17. The van der Waals surface area contributed by atoms with Crippen LogP contribution in [0.15, 0.2) is 59.5 Å². The summed E-state index contributed by atoms with van der Waals surface area (Å²) < 4.78 is 8.39. The number of aromatic nitrogens is 1. The van der Waals surface area contributed by atoms with Crippen LogP contribution in [-0.4, -0.2) is 4.57 Å². The third-order valence-corrected chi connectivity index (χ3v) is 4.45. The van der Waals surface area contributed by atoms with Gasteiger partial charge in [0.05, 0.1) is 10.9 Å². The van der Waals surface area contributed by atoms with Gasteiger partial charge < -0.3 is 8.98 Å². The highest BCUT2D eigenvalue weighted by atomic mass is 16.3. The molecule has 0 amide bonds. The number of rotatable bonds is 2. The zero-order valence-electron chi connectivity index (χ0n) is 12.8. The zero-order valence-corrected chi connectivity index (χ0v) is 12.8. The molecule has 0 spiro atoms. The summed E-state index contributed by atoms with van der Waals surface area (Å²) in [7, 11) is 2.09. The Morgan fingerprint density at radius 3 is 2.73 bits per heavy atom. The van der Waals surface area contributed by atoms with E-state index < -0.39 is 0 Å². The molecule has 0 unspecified atom stereocenters. The molecule has 0 atom stereocenters. The maximum absolute atomic E-state index is 6.18. The van der Waals surface area contributed by atoms with Crippen molar-refractivity contribution in [3.05, 3.63) is 66.4 Å². The molecule has 0 radical (unpaired) electrons. The molecular weight excluding hydrogens is 270 g/mol. The molecule has 0 saturated heterocycles. The van der Waals surface area contributed by atoms with Gasteiger partial charge in [0.1, 0.15) is 11.2 Å². The standard InChI is InChI=1S/C20H17NO/c1-4-5-8-14-13(2)21(3)17-12-11-16-15-9-6-7-10-18(15)22-20(16)19(14)17/h4-12H,1H2,2-3H3/b8-5-. The number of para-hydroxylation sites is 1. The smallest absolute Gasteiger partial charge is 0.145 e. The van der Waals surface area contributed by atoms with Crippen LogP contribution in [0.2, 0.25) is 0 Å². The predicted molar refractivity (Wildman–Crippen MR) is 94.2 cm³/mol. The second-order valence-electron chi connectivity index (χ2n) is 5.59. The van der Waals surface area contributed by atoms with E-state index in [0.29, 0.717) is 0 Å². The fraction of sp³-hybridized carbons (Fsp3) is 0.100. The SMILES string of the molecule is C=C/C=C\c1c(C)n(C)c2ccc3c4ccccc4oc3c12. The number of nitrogens with zero attached hydrogens (tertiary/aromatic N) is 1. The summed E-state index contributed by atoms with van der Waals surface area (Å²) >= 11 is 0. The van der Waals surface area contributed by atoms with Crippen molar-refractivity contribution in [1.29, 1.82) is 0 Å². The van der Waals surface area contributed by atoms with E-state index in [9.17, 15) is 0 Å². The maximum Gasteiger partial charge on any atom is 0.145 e. The fourth-order valence-corrected chi connectivity index (χ4v) is 3.23. The number of allylic oxidation sites excluding steroid dienone is 2. The van der Waals surface area contributed by atoms with E-state index in [2.05, 4.69) is 55.5 Å². The monoisotopic (exact) mass is 287 g/mol. The van der Waals surface area contributed by atoms with Gasteiger partial charge in [0.2, 0.25) is 0 Å². The van der Waals surface area contributed by atoms with Gasteiger partial charge >= 0.3 is 0 Å². The number of fused-ring (bicyclic) bond motifs is 5. The lowest BCUT2D eigenvalue weighted by Gasteiger charge is -1.97. The van der Waals surface area contributed by atoms with Crippen molar-refractivity contribution < 1.29 is 4.42 Å². The molecule has 0 fully saturated rings. The average Bonchev–Trinajstić information content (AvgIpc) is 3.03. The van der Waals surface area contributed by atoms with Gasteiger partial charge in [-0.1, -0.05) is 43.0 Å². The van der Waals surface area contributed by atoms with Crippen molar-refractivity contribution in [3.8, 4) is 0 Å². The van der Waals surface area contributed by atoms with E-state index in [1.165, 1.54) is 32.9 Å². The van der Waals surface area contributed by atoms with Crippen molar-refractivity contribution in [2.75, 3.05) is 0 Å². The number of hydrogen-bond acceptors (Lipinski definition) is 1. The van der Waals surface area contributed by atoms with Crippen LogP contribution in [0.4, 0.5) is 0 Å². The second kappa shape index (κ2) is 4.63. The summed E-state index contributed by atoms with van der Waals surface area (Å²) in [6.07, 6.45) is 5.89. The van der Waals surface area contributed by atoms with Crippen molar-refractivity contribution >= 4 is 38.9 Å². The van der Waals surface area contributed by atoms with Gasteiger partial charge in [-0.15, -0.1) is 0 Å². The van der Waals surface area contributed by atoms with Gasteiger partial charge in [-0.3, -0.25) is 0 Å². The van der Waals surface area contributed by atoms with Crippen molar-refractivity contribution in [2.24, 2.45) is 7.05 Å². The third kappa shape index (κ3) is 1.61. The molecule has 2 heteroatoms. The molecule has 2 aromatic heterocycles. The summed E-state index contributed by atoms with van der Waals surface area (Å²) in [4.78, 5) is 0. The van der Waals surface area contributed by atoms with Crippen LogP contribution in [0.5, 0.6) is 0 Å². The lowest BCUT2D eigenvalue weighted by molar-refractivity contribution is 0.672. The minimum Gasteiger partial charge on any atom is -0.455 e. The summed E-state index contributed by atoms with van der Waals surface area (Å²) in [5.41, 5.74) is 5.51. The highest BCUT2D eigenvalue weighted by Crippen LogP contribution is 2.37. The van der Waals surface area contributed by atoms with E-state index in [4.69, 9.17) is 4.42 Å². The first kappa shape index (κ1) is 13.0. The Bertz CT molecular complexity index is 1060. The molecule has 0 N–H and O–H groups in total. The summed E-state index contributed by atoms with van der Waals surface area (Å²) in [6, 6.07) is 12.5. The zero-order chi connectivity index (χ0) is 15.3.